The summed E-state index contributed by atoms with van der Waals surface area (Å²) in [5.41, 5.74) is 0.365. The number of H-pyrrole nitrogens is 1. The zero-order valence-electron chi connectivity index (χ0n) is 7.20. The Morgan fingerprint density at radius 3 is 2.69 bits per heavy atom. The second-order valence-corrected chi connectivity index (χ2v) is 2.54. The molecule has 0 saturated carbocycles. The number of para-hydroxylation sites is 1. The SMILES string of the molecule is O=c1cc([O-])[nH]c2ccccc12.[Na+]. The van der Waals surface area contributed by atoms with Gasteiger partial charge >= 0.3 is 29.6 Å². The van der Waals surface area contributed by atoms with Crippen LogP contribution in [0.4, 0.5) is 0 Å². The summed E-state index contributed by atoms with van der Waals surface area (Å²) < 4.78 is 0. The van der Waals surface area contributed by atoms with Gasteiger partial charge in [0.2, 0.25) is 0 Å². The van der Waals surface area contributed by atoms with Crippen LogP contribution in [-0.4, -0.2) is 4.98 Å². The zero-order chi connectivity index (χ0) is 8.55. The standard InChI is InChI=1S/C9H7NO2.Na/c11-8-5-9(12)10-7-4-2-1-3-6(7)8;/h1-5H,(H2,10,11,12);/q;+1/p-1. The Hall–Kier alpha value is -0.770. The maximum Gasteiger partial charge on any atom is 1.00 e. The summed E-state index contributed by atoms with van der Waals surface area (Å²) in [6.07, 6.45) is 0. The van der Waals surface area contributed by atoms with Gasteiger partial charge < -0.3 is 10.1 Å². The van der Waals surface area contributed by atoms with Crippen molar-refractivity contribution in [1.29, 1.82) is 0 Å². The number of hydrogen-bond donors (Lipinski definition) is 1. The van der Waals surface area contributed by atoms with E-state index in [1.165, 1.54) is 0 Å². The van der Waals surface area contributed by atoms with E-state index >= 15 is 0 Å². The molecule has 1 aromatic carbocycles. The van der Waals surface area contributed by atoms with Gasteiger partial charge in [-0.15, -0.1) is 0 Å². The molecule has 0 radical (unpaired) electrons. The molecule has 0 spiro atoms. The molecule has 0 bridgehead atoms. The van der Waals surface area contributed by atoms with Crippen molar-refractivity contribution >= 4 is 10.9 Å². The topological polar surface area (TPSA) is 55.9 Å². The molecule has 0 aliphatic rings. The van der Waals surface area contributed by atoms with Gasteiger partial charge in [-0.25, -0.2) is 0 Å². The van der Waals surface area contributed by atoms with Crippen molar-refractivity contribution < 1.29 is 34.7 Å². The van der Waals surface area contributed by atoms with E-state index in [2.05, 4.69) is 4.98 Å². The molecule has 3 nitrogen and oxygen atoms in total. The summed E-state index contributed by atoms with van der Waals surface area (Å²) >= 11 is 0. The summed E-state index contributed by atoms with van der Waals surface area (Å²) in [6.45, 7) is 0. The van der Waals surface area contributed by atoms with Crippen LogP contribution in [0.1, 0.15) is 0 Å². The van der Waals surface area contributed by atoms with Crippen LogP contribution in [0.5, 0.6) is 5.88 Å². The van der Waals surface area contributed by atoms with E-state index in [1.807, 2.05) is 0 Å². The number of rotatable bonds is 0. The molecule has 1 heterocycles. The zero-order valence-corrected chi connectivity index (χ0v) is 9.20. The van der Waals surface area contributed by atoms with Crippen molar-refractivity contribution in [3.63, 3.8) is 0 Å². The molecule has 1 N–H and O–H groups in total. The molecule has 0 aliphatic heterocycles. The molecule has 0 amide bonds. The van der Waals surface area contributed by atoms with E-state index in [4.69, 9.17) is 0 Å². The minimum absolute atomic E-state index is 0. The maximum absolute atomic E-state index is 11.2. The molecule has 4 heteroatoms. The first-order valence-corrected chi connectivity index (χ1v) is 3.56. The van der Waals surface area contributed by atoms with Gasteiger partial charge in [0.1, 0.15) is 0 Å². The van der Waals surface area contributed by atoms with Crippen LogP contribution in [0, 0.1) is 0 Å². The van der Waals surface area contributed by atoms with E-state index in [1.54, 1.807) is 24.3 Å². The van der Waals surface area contributed by atoms with Crippen molar-refractivity contribution in [3.8, 4) is 5.88 Å². The van der Waals surface area contributed by atoms with E-state index in [0.29, 0.717) is 10.9 Å². The molecular weight excluding hydrogens is 177 g/mol. The third-order valence-electron chi connectivity index (χ3n) is 1.71. The van der Waals surface area contributed by atoms with Crippen molar-refractivity contribution in [2.24, 2.45) is 0 Å². The first-order chi connectivity index (χ1) is 5.77. The molecule has 2 rings (SSSR count). The van der Waals surface area contributed by atoms with Gasteiger partial charge in [0.15, 0.2) is 5.43 Å². The summed E-state index contributed by atoms with van der Waals surface area (Å²) in [4.78, 5) is 13.8. The van der Waals surface area contributed by atoms with Gasteiger partial charge in [-0.2, -0.15) is 0 Å². The minimum atomic E-state index is -0.348. The number of fused-ring (bicyclic) bond motifs is 1. The van der Waals surface area contributed by atoms with Crippen LogP contribution in [-0.2, 0) is 0 Å². The van der Waals surface area contributed by atoms with Crippen molar-refractivity contribution in [2.45, 2.75) is 0 Å². The molecule has 0 atom stereocenters. The van der Waals surface area contributed by atoms with Gasteiger partial charge in [-0.1, -0.05) is 12.1 Å². The largest absolute Gasteiger partial charge is 1.00 e. The third kappa shape index (κ3) is 1.94. The van der Waals surface area contributed by atoms with E-state index in [9.17, 15) is 9.90 Å². The number of benzene rings is 1. The Bertz CT molecular complexity index is 478. The molecule has 13 heavy (non-hydrogen) atoms. The number of hydrogen-bond acceptors (Lipinski definition) is 2. The quantitative estimate of drug-likeness (QED) is 0.463. The molecule has 0 unspecified atom stereocenters. The van der Waals surface area contributed by atoms with Gasteiger partial charge in [0, 0.05) is 10.9 Å². The van der Waals surface area contributed by atoms with E-state index in [0.717, 1.165) is 6.07 Å². The Morgan fingerprint density at radius 2 is 1.92 bits per heavy atom. The second kappa shape index (κ2) is 3.96. The van der Waals surface area contributed by atoms with Gasteiger partial charge in [0.25, 0.3) is 0 Å². The minimum Gasteiger partial charge on any atom is -0.860 e. The van der Waals surface area contributed by atoms with E-state index in [-0.39, 0.29) is 40.9 Å². The first-order valence-electron chi connectivity index (χ1n) is 3.56. The average molecular weight is 183 g/mol. The molecule has 1 aromatic heterocycles. The molecule has 60 valence electrons. The Kier molecular flexibility index (Phi) is 3.14. The first kappa shape index (κ1) is 10.3. The predicted molar refractivity (Wildman–Crippen MR) is 44.0 cm³/mol. The Balaban J connectivity index is 0.000000845. The van der Waals surface area contributed by atoms with Crippen LogP contribution < -0.4 is 40.1 Å². The van der Waals surface area contributed by atoms with Gasteiger partial charge in [-0.3, -0.25) is 4.79 Å². The third-order valence-corrected chi connectivity index (χ3v) is 1.71. The smallest absolute Gasteiger partial charge is 0.860 e. The molecular formula is C9H6NNaO2. The van der Waals surface area contributed by atoms with Crippen LogP contribution in [0.3, 0.4) is 0 Å². The fourth-order valence-corrected chi connectivity index (χ4v) is 1.17. The number of pyridine rings is 1. The normalized spacial score (nSPS) is 9.54. The van der Waals surface area contributed by atoms with Crippen molar-refractivity contribution in [1.82, 2.24) is 4.98 Å². The molecule has 0 saturated heterocycles. The van der Waals surface area contributed by atoms with Gasteiger partial charge in [-0.05, 0) is 24.1 Å². The number of aromatic nitrogens is 1. The summed E-state index contributed by atoms with van der Waals surface area (Å²) in [6, 6.07) is 7.99. The second-order valence-electron chi connectivity index (χ2n) is 2.54. The number of aromatic amines is 1. The molecule has 0 aliphatic carbocycles. The fourth-order valence-electron chi connectivity index (χ4n) is 1.17. The van der Waals surface area contributed by atoms with Crippen LogP contribution in [0.25, 0.3) is 10.9 Å². The summed E-state index contributed by atoms with van der Waals surface area (Å²) in [5.74, 6) is -0.348. The Labute approximate surface area is 96.7 Å². The summed E-state index contributed by atoms with van der Waals surface area (Å²) in [5, 5.41) is 11.4. The molecule has 0 fully saturated rings. The predicted octanol–water partition coefficient (Wildman–Crippen LogP) is -2.39. The number of nitrogens with one attached hydrogen (secondary N) is 1. The van der Waals surface area contributed by atoms with E-state index < -0.39 is 0 Å². The Morgan fingerprint density at radius 1 is 1.23 bits per heavy atom. The van der Waals surface area contributed by atoms with Crippen LogP contribution in [0.15, 0.2) is 35.1 Å². The monoisotopic (exact) mass is 183 g/mol. The van der Waals surface area contributed by atoms with Crippen LogP contribution in [0.2, 0.25) is 0 Å². The van der Waals surface area contributed by atoms with Crippen molar-refractivity contribution in [2.75, 3.05) is 0 Å². The maximum atomic E-state index is 11.2. The van der Waals surface area contributed by atoms with Gasteiger partial charge in [0.05, 0.1) is 0 Å². The van der Waals surface area contributed by atoms with Crippen LogP contribution >= 0.6 is 0 Å². The fraction of sp³-hybridized carbons (Fsp3) is 0. The molecule has 2 aromatic rings. The van der Waals surface area contributed by atoms with Crippen molar-refractivity contribution in [3.05, 3.63) is 40.6 Å². The average Bonchev–Trinajstić information content (AvgIpc) is 2.04. The summed E-state index contributed by atoms with van der Waals surface area (Å²) in [7, 11) is 0.